The van der Waals surface area contributed by atoms with Crippen molar-refractivity contribution in [3.63, 3.8) is 0 Å². The van der Waals surface area contributed by atoms with Crippen molar-refractivity contribution >= 4 is 23.0 Å². The van der Waals surface area contributed by atoms with Crippen molar-refractivity contribution in [3.8, 4) is 0 Å². The summed E-state index contributed by atoms with van der Waals surface area (Å²) in [6.45, 7) is 3.99. The van der Waals surface area contributed by atoms with E-state index in [-0.39, 0.29) is 11.3 Å². The Morgan fingerprint density at radius 3 is 2.39 bits per heavy atom. The molecule has 0 bridgehead atoms. The smallest absolute Gasteiger partial charge is 0.354 e. The van der Waals surface area contributed by atoms with Crippen molar-refractivity contribution in [3.05, 3.63) is 83.2 Å². The standard InChI is InChI=1S/C21H18F3N3O/c1-13-7-8-16(9-14(13)2)26-17-10-15(11-25-12-17)20(28)27-19-6-4-3-5-18(19)21(22,23)24/h3-12,26H,1-2H3,(H,27,28). The van der Waals surface area contributed by atoms with Gasteiger partial charge in [0.25, 0.3) is 5.91 Å². The van der Waals surface area contributed by atoms with Crippen LogP contribution in [-0.4, -0.2) is 10.9 Å². The molecule has 2 N–H and O–H groups in total. The highest BCUT2D eigenvalue weighted by atomic mass is 19.4. The molecule has 0 unspecified atom stereocenters. The van der Waals surface area contributed by atoms with Crippen molar-refractivity contribution in [2.24, 2.45) is 0 Å². The number of hydrogen-bond donors (Lipinski definition) is 2. The van der Waals surface area contributed by atoms with Crippen LogP contribution in [0.15, 0.2) is 60.9 Å². The van der Waals surface area contributed by atoms with Gasteiger partial charge in [-0.25, -0.2) is 0 Å². The van der Waals surface area contributed by atoms with Crippen LogP contribution in [-0.2, 0) is 6.18 Å². The lowest BCUT2D eigenvalue weighted by Gasteiger charge is -2.14. The fourth-order valence-electron chi connectivity index (χ4n) is 2.65. The number of nitrogens with one attached hydrogen (secondary N) is 2. The van der Waals surface area contributed by atoms with E-state index in [2.05, 4.69) is 15.6 Å². The monoisotopic (exact) mass is 385 g/mol. The quantitative estimate of drug-likeness (QED) is 0.605. The second-order valence-corrected chi connectivity index (χ2v) is 6.38. The largest absolute Gasteiger partial charge is 0.418 e. The Kier molecular flexibility index (Phi) is 5.35. The van der Waals surface area contributed by atoms with Gasteiger partial charge in [-0.1, -0.05) is 18.2 Å². The molecule has 0 fully saturated rings. The van der Waals surface area contributed by atoms with Crippen LogP contribution in [0.25, 0.3) is 0 Å². The molecule has 0 aliphatic heterocycles. The lowest BCUT2D eigenvalue weighted by molar-refractivity contribution is -0.136. The SMILES string of the molecule is Cc1ccc(Nc2cncc(C(=O)Nc3ccccc3C(F)(F)F)c2)cc1C. The number of amides is 1. The van der Waals surface area contributed by atoms with E-state index in [0.29, 0.717) is 5.69 Å². The van der Waals surface area contributed by atoms with E-state index in [1.165, 1.54) is 36.7 Å². The fraction of sp³-hybridized carbons (Fsp3) is 0.143. The molecule has 0 aliphatic rings. The second-order valence-electron chi connectivity index (χ2n) is 6.38. The van der Waals surface area contributed by atoms with E-state index >= 15 is 0 Å². The number of rotatable bonds is 4. The van der Waals surface area contributed by atoms with Crippen LogP contribution in [0.5, 0.6) is 0 Å². The van der Waals surface area contributed by atoms with Crippen LogP contribution in [0.2, 0.25) is 0 Å². The number of halogens is 3. The summed E-state index contributed by atoms with van der Waals surface area (Å²) >= 11 is 0. The molecule has 7 heteroatoms. The summed E-state index contributed by atoms with van der Waals surface area (Å²) < 4.78 is 39.3. The highest BCUT2D eigenvalue weighted by Crippen LogP contribution is 2.34. The summed E-state index contributed by atoms with van der Waals surface area (Å²) in [6, 6.07) is 12.2. The van der Waals surface area contributed by atoms with Crippen LogP contribution < -0.4 is 10.6 Å². The molecule has 0 saturated carbocycles. The Morgan fingerprint density at radius 1 is 0.929 bits per heavy atom. The summed E-state index contributed by atoms with van der Waals surface area (Å²) in [5, 5.41) is 5.46. The lowest BCUT2D eigenvalue weighted by Crippen LogP contribution is -2.17. The van der Waals surface area contributed by atoms with Gasteiger partial charge in [0, 0.05) is 11.9 Å². The van der Waals surface area contributed by atoms with Crippen molar-refractivity contribution < 1.29 is 18.0 Å². The Bertz CT molecular complexity index is 1020. The van der Waals surface area contributed by atoms with Gasteiger partial charge in [0.05, 0.1) is 28.7 Å². The molecule has 1 amide bonds. The van der Waals surface area contributed by atoms with E-state index in [1.54, 1.807) is 0 Å². The maximum atomic E-state index is 13.1. The molecule has 2 aromatic carbocycles. The third kappa shape index (κ3) is 4.49. The molecule has 0 aliphatic carbocycles. The minimum Gasteiger partial charge on any atom is -0.354 e. The molecule has 1 aromatic heterocycles. The first kappa shape index (κ1) is 19.4. The van der Waals surface area contributed by atoms with E-state index < -0.39 is 17.6 Å². The second kappa shape index (κ2) is 7.72. The molecule has 0 atom stereocenters. The van der Waals surface area contributed by atoms with Gasteiger partial charge in [-0.2, -0.15) is 13.2 Å². The number of para-hydroxylation sites is 1. The fourth-order valence-corrected chi connectivity index (χ4v) is 2.65. The predicted octanol–water partition coefficient (Wildman–Crippen LogP) is 5.71. The van der Waals surface area contributed by atoms with Crippen LogP contribution in [0.3, 0.4) is 0 Å². The molecule has 0 saturated heterocycles. The summed E-state index contributed by atoms with van der Waals surface area (Å²) in [6.07, 6.45) is -1.72. The minimum absolute atomic E-state index is 0.144. The van der Waals surface area contributed by atoms with E-state index in [9.17, 15) is 18.0 Å². The van der Waals surface area contributed by atoms with E-state index in [1.807, 2.05) is 32.0 Å². The molecule has 3 aromatic rings. The third-order valence-electron chi connectivity index (χ3n) is 4.28. The Labute approximate surface area is 160 Å². The number of carbonyl (C=O) groups is 1. The normalized spacial score (nSPS) is 11.2. The Morgan fingerprint density at radius 2 is 1.68 bits per heavy atom. The number of carbonyl (C=O) groups excluding carboxylic acids is 1. The summed E-state index contributed by atoms with van der Waals surface area (Å²) in [4.78, 5) is 16.5. The zero-order chi connectivity index (χ0) is 20.3. The highest BCUT2D eigenvalue weighted by molar-refractivity contribution is 6.05. The number of aromatic nitrogens is 1. The summed E-state index contributed by atoms with van der Waals surface area (Å²) in [5.74, 6) is -0.673. The summed E-state index contributed by atoms with van der Waals surface area (Å²) in [7, 11) is 0. The zero-order valence-electron chi connectivity index (χ0n) is 15.3. The van der Waals surface area contributed by atoms with E-state index in [0.717, 1.165) is 22.9 Å². The molecule has 4 nitrogen and oxygen atoms in total. The molecular weight excluding hydrogens is 367 g/mol. The van der Waals surface area contributed by atoms with Crippen molar-refractivity contribution in [2.75, 3.05) is 10.6 Å². The Balaban J connectivity index is 1.80. The molecule has 1 heterocycles. The van der Waals surface area contributed by atoms with Gasteiger partial charge in [-0.15, -0.1) is 0 Å². The van der Waals surface area contributed by atoms with Gasteiger partial charge in [0.15, 0.2) is 0 Å². The van der Waals surface area contributed by atoms with Crippen LogP contribution >= 0.6 is 0 Å². The molecule has 28 heavy (non-hydrogen) atoms. The molecule has 3 rings (SSSR count). The van der Waals surface area contributed by atoms with Crippen LogP contribution in [0, 0.1) is 13.8 Å². The topological polar surface area (TPSA) is 54.0 Å². The number of hydrogen-bond acceptors (Lipinski definition) is 3. The first-order chi connectivity index (χ1) is 13.2. The van der Waals surface area contributed by atoms with Gasteiger partial charge >= 0.3 is 6.18 Å². The van der Waals surface area contributed by atoms with Crippen LogP contribution in [0.4, 0.5) is 30.2 Å². The number of anilines is 3. The zero-order valence-corrected chi connectivity index (χ0v) is 15.3. The van der Waals surface area contributed by atoms with Gasteiger partial charge in [0.2, 0.25) is 0 Å². The molecule has 144 valence electrons. The number of pyridine rings is 1. The predicted molar refractivity (Wildman–Crippen MR) is 103 cm³/mol. The van der Waals surface area contributed by atoms with Crippen molar-refractivity contribution in [1.29, 1.82) is 0 Å². The van der Waals surface area contributed by atoms with Gasteiger partial charge in [-0.3, -0.25) is 9.78 Å². The highest BCUT2D eigenvalue weighted by Gasteiger charge is 2.33. The minimum atomic E-state index is -4.56. The van der Waals surface area contributed by atoms with Crippen LogP contribution in [0.1, 0.15) is 27.0 Å². The van der Waals surface area contributed by atoms with E-state index in [4.69, 9.17) is 0 Å². The first-order valence-corrected chi connectivity index (χ1v) is 8.51. The van der Waals surface area contributed by atoms with Gasteiger partial charge < -0.3 is 10.6 Å². The number of nitrogens with zero attached hydrogens (tertiary/aromatic N) is 1. The van der Waals surface area contributed by atoms with Crippen molar-refractivity contribution in [2.45, 2.75) is 20.0 Å². The molecular formula is C21H18F3N3O. The maximum absolute atomic E-state index is 13.1. The number of aryl methyl sites for hydroxylation is 2. The number of alkyl halides is 3. The van der Waals surface area contributed by atoms with Gasteiger partial charge in [0.1, 0.15) is 0 Å². The molecule has 0 spiro atoms. The molecule has 0 radical (unpaired) electrons. The Hall–Kier alpha value is -3.35. The average molecular weight is 385 g/mol. The van der Waals surface area contributed by atoms with Crippen molar-refractivity contribution in [1.82, 2.24) is 4.98 Å². The summed E-state index contributed by atoms with van der Waals surface area (Å²) in [5.41, 5.74) is 2.58. The first-order valence-electron chi connectivity index (χ1n) is 8.51. The maximum Gasteiger partial charge on any atom is 0.418 e. The average Bonchev–Trinajstić information content (AvgIpc) is 2.64. The third-order valence-corrected chi connectivity index (χ3v) is 4.28. The van der Waals surface area contributed by atoms with Gasteiger partial charge in [-0.05, 0) is 55.3 Å². The lowest BCUT2D eigenvalue weighted by atomic mass is 10.1. The number of benzene rings is 2.